The van der Waals surface area contributed by atoms with Crippen LogP contribution in [0, 0.1) is 0 Å². The lowest BCUT2D eigenvalue weighted by Gasteiger charge is -2.16. The van der Waals surface area contributed by atoms with Crippen molar-refractivity contribution in [3.63, 3.8) is 0 Å². The smallest absolute Gasteiger partial charge is 0.252 e. The average molecular weight is 520 g/mol. The van der Waals surface area contributed by atoms with Crippen molar-refractivity contribution in [1.29, 1.82) is 0 Å². The van der Waals surface area contributed by atoms with E-state index in [0.29, 0.717) is 22.1 Å². The molecule has 0 amide bonds. The molecule has 0 bridgehead atoms. The Labute approximate surface area is 181 Å². The predicted octanol–water partition coefficient (Wildman–Crippen LogP) is 5.43. The number of aromatic nitrogens is 2. The van der Waals surface area contributed by atoms with Crippen LogP contribution in [0.1, 0.15) is 23.9 Å². The summed E-state index contributed by atoms with van der Waals surface area (Å²) in [6, 6.07) is 6.35. The summed E-state index contributed by atoms with van der Waals surface area (Å²) < 4.78 is 95.1. The molecular formula is C19H11BrF5N3O2S. The first-order chi connectivity index (χ1) is 14.3. The molecule has 0 N–H and O–H groups in total. The molecule has 3 heterocycles. The van der Waals surface area contributed by atoms with Gasteiger partial charge in [0.15, 0.2) is 9.84 Å². The molecule has 12 heteroatoms. The summed E-state index contributed by atoms with van der Waals surface area (Å²) in [4.78, 5) is 10.6. The van der Waals surface area contributed by atoms with Gasteiger partial charge in [0, 0.05) is 16.1 Å². The Morgan fingerprint density at radius 1 is 1.13 bits per heavy atom. The molecule has 0 aliphatic carbocycles. The lowest BCUT2D eigenvalue weighted by molar-refractivity contribution is -0.137. The summed E-state index contributed by atoms with van der Waals surface area (Å²) in [6.45, 7) is 1.34. The highest BCUT2D eigenvalue weighted by Gasteiger charge is 2.50. The van der Waals surface area contributed by atoms with E-state index in [9.17, 15) is 21.6 Å². The maximum absolute atomic E-state index is 15.1. The van der Waals surface area contributed by atoms with Crippen LogP contribution in [0.3, 0.4) is 0 Å². The number of nitrogens with zero attached hydrogens (tertiary/aromatic N) is 3. The highest BCUT2D eigenvalue weighted by molar-refractivity contribution is 9.10. The van der Waals surface area contributed by atoms with Crippen LogP contribution in [-0.2, 0) is 21.9 Å². The number of sulfone groups is 1. The van der Waals surface area contributed by atoms with Gasteiger partial charge < -0.3 is 0 Å². The van der Waals surface area contributed by atoms with Crippen molar-refractivity contribution in [2.45, 2.75) is 23.9 Å². The van der Waals surface area contributed by atoms with Gasteiger partial charge in [-0.1, -0.05) is 28.9 Å². The van der Waals surface area contributed by atoms with Gasteiger partial charge in [-0.15, -0.1) is 0 Å². The van der Waals surface area contributed by atoms with Crippen LogP contribution in [-0.4, -0.2) is 29.9 Å². The minimum atomic E-state index is -4.81. The van der Waals surface area contributed by atoms with E-state index < -0.39 is 60.9 Å². The van der Waals surface area contributed by atoms with E-state index in [2.05, 4.69) is 30.9 Å². The van der Waals surface area contributed by atoms with Crippen LogP contribution < -0.4 is 0 Å². The molecule has 4 rings (SSSR count). The Kier molecular flexibility index (Phi) is 4.93. The summed E-state index contributed by atoms with van der Waals surface area (Å²) in [5.74, 6) is -4.34. The van der Waals surface area contributed by atoms with E-state index in [-0.39, 0.29) is 5.52 Å². The Bertz CT molecular complexity index is 1370. The van der Waals surface area contributed by atoms with Crippen molar-refractivity contribution in [2.75, 3.05) is 5.75 Å². The number of rotatable bonds is 3. The van der Waals surface area contributed by atoms with Crippen molar-refractivity contribution in [1.82, 2.24) is 9.97 Å². The molecule has 0 saturated carbocycles. The second-order valence-electron chi connectivity index (χ2n) is 6.70. The number of hydrogen-bond acceptors (Lipinski definition) is 5. The van der Waals surface area contributed by atoms with Gasteiger partial charge in [-0.2, -0.15) is 22.0 Å². The number of hydrogen-bond donors (Lipinski definition) is 0. The normalized spacial score (nSPS) is 15.8. The van der Waals surface area contributed by atoms with E-state index in [1.165, 1.54) is 19.1 Å². The van der Waals surface area contributed by atoms with E-state index in [0.717, 1.165) is 0 Å². The lowest BCUT2D eigenvalue weighted by Crippen LogP contribution is -2.27. The highest BCUT2D eigenvalue weighted by Crippen LogP contribution is 2.46. The molecule has 0 saturated heterocycles. The van der Waals surface area contributed by atoms with Crippen LogP contribution in [0.4, 0.5) is 27.6 Å². The Balaban J connectivity index is 2.01. The zero-order chi connectivity index (χ0) is 22.8. The van der Waals surface area contributed by atoms with Crippen molar-refractivity contribution in [3.8, 4) is 0 Å². The Morgan fingerprint density at radius 2 is 1.84 bits per heavy atom. The first-order valence-corrected chi connectivity index (χ1v) is 11.2. The summed E-state index contributed by atoms with van der Waals surface area (Å²) in [5.41, 5.74) is -4.41. The molecule has 0 radical (unpaired) electrons. The molecule has 2 aromatic heterocycles. The highest BCUT2D eigenvalue weighted by atomic mass is 79.9. The Hall–Kier alpha value is -2.47. The number of aliphatic imine (C=N–C) groups is 1. The van der Waals surface area contributed by atoms with Gasteiger partial charge in [-0.05, 0) is 24.3 Å². The van der Waals surface area contributed by atoms with Crippen molar-refractivity contribution in [2.24, 2.45) is 4.99 Å². The topological polar surface area (TPSA) is 72.3 Å². The minimum absolute atomic E-state index is 0.206. The van der Waals surface area contributed by atoms with Crippen molar-refractivity contribution < 1.29 is 30.4 Å². The SMILES string of the molecule is CCS(=O)(=O)c1cc2ccc(Br)cc2nc1C1=Nc2cc(C(F)(F)F)cnc2C1(F)F. The Morgan fingerprint density at radius 3 is 2.48 bits per heavy atom. The zero-order valence-corrected chi connectivity index (χ0v) is 17.9. The molecule has 31 heavy (non-hydrogen) atoms. The average Bonchev–Trinajstić information content (AvgIpc) is 2.96. The lowest BCUT2D eigenvalue weighted by atomic mass is 10.1. The molecule has 1 aliphatic rings. The third-order valence-corrected chi connectivity index (χ3v) is 6.94. The van der Waals surface area contributed by atoms with E-state index in [4.69, 9.17) is 0 Å². The van der Waals surface area contributed by atoms with Crippen molar-refractivity contribution in [3.05, 3.63) is 58.0 Å². The summed E-state index contributed by atoms with van der Waals surface area (Å²) in [6.07, 6.45) is -4.51. The van der Waals surface area contributed by atoms with Gasteiger partial charge in [0.1, 0.15) is 17.1 Å². The monoisotopic (exact) mass is 519 g/mol. The van der Waals surface area contributed by atoms with Gasteiger partial charge in [0.25, 0.3) is 0 Å². The second kappa shape index (κ2) is 7.02. The molecule has 0 spiro atoms. The van der Waals surface area contributed by atoms with Crippen LogP contribution >= 0.6 is 15.9 Å². The van der Waals surface area contributed by atoms with E-state index in [1.807, 2.05) is 0 Å². The molecule has 0 unspecified atom stereocenters. The third-order valence-electron chi connectivity index (χ3n) is 4.71. The fraction of sp³-hybridized carbons (Fsp3) is 0.211. The van der Waals surface area contributed by atoms with Crippen LogP contribution in [0.5, 0.6) is 0 Å². The van der Waals surface area contributed by atoms with Gasteiger partial charge in [-0.3, -0.25) is 4.98 Å². The fourth-order valence-electron chi connectivity index (χ4n) is 3.12. The fourth-order valence-corrected chi connectivity index (χ4v) is 4.53. The first kappa shape index (κ1) is 21.8. The minimum Gasteiger partial charge on any atom is -0.252 e. The van der Waals surface area contributed by atoms with Gasteiger partial charge in [-0.25, -0.2) is 18.4 Å². The van der Waals surface area contributed by atoms with Gasteiger partial charge >= 0.3 is 12.1 Å². The van der Waals surface area contributed by atoms with Gasteiger partial charge in [0.2, 0.25) is 0 Å². The maximum Gasteiger partial charge on any atom is 0.417 e. The third kappa shape index (κ3) is 3.61. The summed E-state index contributed by atoms with van der Waals surface area (Å²) in [7, 11) is -4.03. The molecular weight excluding hydrogens is 509 g/mol. The summed E-state index contributed by atoms with van der Waals surface area (Å²) >= 11 is 3.23. The molecule has 0 atom stereocenters. The number of fused-ring (bicyclic) bond motifs is 2. The number of halogens is 6. The van der Waals surface area contributed by atoms with Crippen molar-refractivity contribution >= 4 is 48.1 Å². The van der Waals surface area contributed by atoms with E-state index >= 15 is 8.78 Å². The maximum atomic E-state index is 15.1. The zero-order valence-electron chi connectivity index (χ0n) is 15.5. The van der Waals surface area contributed by atoms with Crippen LogP contribution in [0.2, 0.25) is 0 Å². The first-order valence-electron chi connectivity index (χ1n) is 8.72. The molecule has 3 aromatic rings. The number of pyridine rings is 2. The second-order valence-corrected chi connectivity index (χ2v) is 9.86. The molecule has 1 aromatic carbocycles. The van der Waals surface area contributed by atoms with E-state index in [1.54, 1.807) is 12.1 Å². The van der Waals surface area contributed by atoms with Gasteiger partial charge in [0.05, 0.1) is 27.4 Å². The predicted molar refractivity (Wildman–Crippen MR) is 106 cm³/mol. The standard InChI is InChI=1S/C19H11BrF5N3O2S/c1-2-31(29,30)14-5-9-3-4-11(20)7-12(9)27-15(14)17-18(21,22)16-13(28-17)6-10(8-26-16)19(23,24)25/h3-8H,2H2,1H3. The number of benzene rings is 1. The molecule has 162 valence electrons. The largest absolute Gasteiger partial charge is 0.417 e. The molecule has 0 fully saturated rings. The molecule has 1 aliphatic heterocycles. The molecule has 5 nitrogen and oxygen atoms in total. The van der Waals surface area contributed by atoms with Crippen LogP contribution in [0.25, 0.3) is 10.9 Å². The number of alkyl halides is 5. The van der Waals surface area contributed by atoms with Crippen LogP contribution in [0.15, 0.2) is 50.9 Å². The quantitative estimate of drug-likeness (QED) is 0.432. The summed E-state index contributed by atoms with van der Waals surface area (Å²) in [5, 5.41) is 0.385.